The van der Waals surface area contributed by atoms with E-state index in [0.717, 1.165) is 6.07 Å². The van der Waals surface area contributed by atoms with Crippen LogP contribution in [0.25, 0.3) is 5.76 Å². The number of aryl methyl sites for hydroxylation is 1. The minimum absolute atomic E-state index is 0.0176. The summed E-state index contributed by atoms with van der Waals surface area (Å²) in [5, 5.41) is 21.0. The van der Waals surface area contributed by atoms with Crippen LogP contribution in [0.5, 0.6) is 11.5 Å². The summed E-state index contributed by atoms with van der Waals surface area (Å²) in [5.74, 6) is -2.93. The van der Waals surface area contributed by atoms with Gasteiger partial charge in [-0.3, -0.25) is 9.59 Å². The van der Waals surface area contributed by atoms with Crippen LogP contribution in [0.4, 0.5) is 4.39 Å². The number of imidazole rings is 1. The summed E-state index contributed by atoms with van der Waals surface area (Å²) in [4.78, 5) is 31.3. The molecule has 1 aromatic heterocycles. The Balaban J connectivity index is 1.75. The molecule has 9 heteroatoms. The Hall–Kier alpha value is -4.14. The number of aliphatic hydroxyl groups is 1. The Morgan fingerprint density at radius 2 is 2.00 bits per heavy atom. The highest BCUT2D eigenvalue weighted by atomic mass is 19.1. The summed E-state index contributed by atoms with van der Waals surface area (Å²) < 4.78 is 21.0. The SMILES string of the molecule is COc1ccc(/C(O)=C2/C(=O)C(=O)N(CCCn3ccnc3)C2c2cccc(O)c2)cc1F. The average Bonchev–Trinajstić information content (AvgIpc) is 3.41. The van der Waals surface area contributed by atoms with E-state index in [0.29, 0.717) is 18.5 Å². The normalized spacial score (nSPS) is 17.5. The number of hydrogen-bond acceptors (Lipinski definition) is 6. The summed E-state index contributed by atoms with van der Waals surface area (Å²) in [6, 6.07) is 8.97. The van der Waals surface area contributed by atoms with Gasteiger partial charge in [-0.2, -0.15) is 0 Å². The smallest absolute Gasteiger partial charge is 0.295 e. The quantitative estimate of drug-likeness (QED) is 0.325. The summed E-state index contributed by atoms with van der Waals surface area (Å²) in [6.45, 7) is 0.788. The Morgan fingerprint density at radius 3 is 2.67 bits per heavy atom. The van der Waals surface area contributed by atoms with Crippen molar-refractivity contribution in [1.29, 1.82) is 0 Å². The number of phenolic OH excluding ortho intramolecular Hbond substituents is 1. The van der Waals surface area contributed by atoms with Gasteiger partial charge in [-0.1, -0.05) is 12.1 Å². The number of benzene rings is 2. The van der Waals surface area contributed by atoms with Crippen LogP contribution < -0.4 is 4.74 Å². The zero-order chi connectivity index (χ0) is 23.5. The van der Waals surface area contributed by atoms with E-state index in [9.17, 15) is 24.2 Å². The lowest BCUT2D eigenvalue weighted by molar-refractivity contribution is -0.139. The highest BCUT2D eigenvalue weighted by molar-refractivity contribution is 6.46. The van der Waals surface area contributed by atoms with Crippen molar-refractivity contribution >= 4 is 17.4 Å². The zero-order valence-corrected chi connectivity index (χ0v) is 17.8. The molecule has 0 bridgehead atoms. The van der Waals surface area contributed by atoms with Gasteiger partial charge in [-0.15, -0.1) is 0 Å². The second-order valence-corrected chi connectivity index (χ2v) is 7.59. The molecule has 1 aliphatic rings. The molecule has 0 aliphatic carbocycles. The van der Waals surface area contributed by atoms with Crippen LogP contribution in [0.3, 0.4) is 0 Å². The van der Waals surface area contributed by atoms with E-state index in [-0.39, 0.29) is 29.2 Å². The molecule has 1 unspecified atom stereocenters. The number of halogens is 1. The van der Waals surface area contributed by atoms with Crippen molar-refractivity contribution in [2.45, 2.75) is 19.0 Å². The number of likely N-dealkylation sites (tertiary alicyclic amines) is 1. The first kappa shape index (κ1) is 22.1. The number of aromatic hydroxyl groups is 1. The number of hydrogen-bond donors (Lipinski definition) is 2. The molecule has 2 heterocycles. The maximum Gasteiger partial charge on any atom is 0.295 e. The van der Waals surface area contributed by atoms with Crippen molar-refractivity contribution in [3.63, 3.8) is 0 Å². The van der Waals surface area contributed by atoms with Gasteiger partial charge in [-0.05, 0) is 42.3 Å². The molecule has 1 fully saturated rings. The van der Waals surface area contributed by atoms with Gasteiger partial charge in [-0.25, -0.2) is 9.37 Å². The Kier molecular flexibility index (Phi) is 6.12. The molecule has 1 aliphatic heterocycles. The largest absolute Gasteiger partial charge is 0.508 e. The van der Waals surface area contributed by atoms with Crippen LogP contribution in [0.15, 0.2) is 66.8 Å². The lowest BCUT2D eigenvalue weighted by Gasteiger charge is -2.25. The molecule has 33 heavy (non-hydrogen) atoms. The van der Waals surface area contributed by atoms with E-state index in [4.69, 9.17) is 4.74 Å². The van der Waals surface area contributed by atoms with Gasteiger partial charge < -0.3 is 24.4 Å². The first-order chi connectivity index (χ1) is 15.9. The third-order valence-corrected chi connectivity index (χ3v) is 5.53. The Bertz CT molecular complexity index is 1220. The number of ether oxygens (including phenoxy) is 1. The van der Waals surface area contributed by atoms with Crippen molar-refractivity contribution in [3.8, 4) is 11.5 Å². The van der Waals surface area contributed by atoms with E-state index >= 15 is 0 Å². The summed E-state index contributed by atoms with van der Waals surface area (Å²) in [5.41, 5.74) is 0.319. The van der Waals surface area contributed by atoms with Gasteiger partial charge in [0.15, 0.2) is 11.6 Å². The lowest BCUT2D eigenvalue weighted by Crippen LogP contribution is -2.31. The molecular weight excluding hydrogens is 429 g/mol. The number of ketones is 1. The minimum Gasteiger partial charge on any atom is -0.508 e. The number of phenols is 1. The lowest BCUT2D eigenvalue weighted by atomic mass is 9.95. The predicted molar refractivity (Wildman–Crippen MR) is 117 cm³/mol. The first-order valence-electron chi connectivity index (χ1n) is 10.3. The number of rotatable bonds is 7. The second kappa shape index (κ2) is 9.15. The molecule has 3 aromatic rings. The Labute approximate surface area is 189 Å². The molecule has 170 valence electrons. The van der Waals surface area contributed by atoms with Crippen LogP contribution in [0.1, 0.15) is 23.6 Å². The second-order valence-electron chi connectivity index (χ2n) is 7.59. The third-order valence-electron chi connectivity index (χ3n) is 5.53. The highest BCUT2D eigenvalue weighted by Gasteiger charge is 2.45. The van der Waals surface area contributed by atoms with Gasteiger partial charge >= 0.3 is 0 Å². The molecule has 4 rings (SSSR count). The van der Waals surface area contributed by atoms with Crippen LogP contribution in [0.2, 0.25) is 0 Å². The molecule has 1 saturated heterocycles. The zero-order valence-electron chi connectivity index (χ0n) is 17.8. The molecule has 0 radical (unpaired) electrons. The molecule has 1 amide bonds. The molecule has 2 aromatic carbocycles. The van der Waals surface area contributed by atoms with Crippen molar-refractivity contribution in [3.05, 3.63) is 83.7 Å². The first-order valence-corrected chi connectivity index (χ1v) is 10.3. The maximum atomic E-state index is 14.3. The fourth-order valence-electron chi connectivity index (χ4n) is 3.96. The van der Waals surface area contributed by atoms with Crippen molar-refractivity contribution < 1.29 is 28.9 Å². The molecule has 0 spiro atoms. The van der Waals surface area contributed by atoms with Crippen molar-refractivity contribution in [2.24, 2.45) is 0 Å². The minimum atomic E-state index is -0.940. The maximum absolute atomic E-state index is 14.3. The summed E-state index contributed by atoms with van der Waals surface area (Å²) in [7, 11) is 1.31. The molecule has 1 atom stereocenters. The highest BCUT2D eigenvalue weighted by Crippen LogP contribution is 2.40. The predicted octanol–water partition coefficient (Wildman–Crippen LogP) is 3.25. The van der Waals surface area contributed by atoms with Crippen LogP contribution in [-0.4, -0.2) is 50.0 Å². The van der Waals surface area contributed by atoms with E-state index in [1.165, 1.54) is 36.3 Å². The number of carbonyl (C=O) groups excluding carboxylic acids is 2. The van der Waals surface area contributed by atoms with E-state index < -0.39 is 29.3 Å². The number of amides is 1. The standard InChI is InChI=1S/C24H22FN3O5/c1-33-19-7-6-16(13-18(19)25)22(30)20-21(15-4-2-5-17(29)12-15)28(24(32)23(20)31)10-3-9-27-11-8-26-14-27/h2,4-8,11-14,21,29-30H,3,9-10H2,1H3/b22-20-. The van der Waals surface area contributed by atoms with Crippen LogP contribution in [0, 0.1) is 5.82 Å². The number of carbonyl (C=O) groups is 2. The molecular formula is C24H22FN3O5. The van der Waals surface area contributed by atoms with Gasteiger partial charge in [0, 0.05) is 31.0 Å². The molecule has 2 N–H and O–H groups in total. The summed E-state index contributed by atoms with van der Waals surface area (Å²) >= 11 is 0. The number of Topliss-reactive ketones (excluding diaryl/α,β-unsaturated/α-hetero) is 1. The van der Waals surface area contributed by atoms with Crippen LogP contribution in [-0.2, 0) is 16.1 Å². The monoisotopic (exact) mass is 451 g/mol. The van der Waals surface area contributed by atoms with E-state index in [1.807, 2.05) is 4.57 Å². The molecule has 0 saturated carbocycles. The van der Waals surface area contributed by atoms with Gasteiger partial charge in [0.1, 0.15) is 11.5 Å². The Morgan fingerprint density at radius 1 is 1.18 bits per heavy atom. The third kappa shape index (κ3) is 4.30. The topological polar surface area (TPSA) is 105 Å². The average molecular weight is 451 g/mol. The van der Waals surface area contributed by atoms with Gasteiger partial charge in [0.2, 0.25) is 0 Å². The van der Waals surface area contributed by atoms with E-state index in [1.54, 1.807) is 30.9 Å². The van der Waals surface area contributed by atoms with Crippen molar-refractivity contribution in [2.75, 3.05) is 13.7 Å². The fraction of sp³-hybridized carbons (Fsp3) is 0.208. The van der Waals surface area contributed by atoms with Crippen molar-refractivity contribution in [1.82, 2.24) is 14.5 Å². The van der Waals surface area contributed by atoms with Crippen LogP contribution >= 0.6 is 0 Å². The molecule has 8 nitrogen and oxygen atoms in total. The number of nitrogens with zero attached hydrogens (tertiary/aromatic N) is 3. The number of methoxy groups -OCH3 is 1. The van der Waals surface area contributed by atoms with Gasteiger partial charge in [0.25, 0.3) is 11.7 Å². The van der Waals surface area contributed by atoms with E-state index in [2.05, 4.69) is 4.98 Å². The fourth-order valence-corrected chi connectivity index (χ4v) is 3.96. The van der Waals surface area contributed by atoms with Gasteiger partial charge in [0.05, 0.1) is 25.1 Å². The number of aromatic nitrogens is 2. The summed E-state index contributed by atoms with van der Waals surface area (Å²) in [6.07, 6.45) is 5.61. The number of aliphatic hydroxyl groups excluding tert-OH is 1.